The molecule has 3 N–H and O–H groups in total. The minimum Gasteiger partial charge on any atom is -0.481 e. The van der Waals surface area contributed by atoms with Gasteiger partial charge in [0.2, 0.25) is 0 Å². The Bertz CT molecular complexity index is 918. The zero-order chi connectivity index (χ0) is 16.0. The number of aromatic nitrogens is 3. The Morgan fingerprint density at radius 1 is 1.39 bits per heavy atom. The molecule has 4 rings (SSSR count). The van der Waals surface area contributed by atoms with Crippen LogP contribution in [-0.2, 0) is 16.0 Å². The second-order valence-corrected chi connectivity index (χ2v) is 5.69. The number of carboxylic acids is 1. The summed E-state index contributed by atoms with van der Waals surface area (Å²) in [5, 5.41) is 10.2. The Balaban J connectivity index is 2.08. The van der Waals surface area contributed by atoms with Crippen LogP contribution in [0.1, 0.15) is 18.3 Å². The number of para-hydroxylation sites is 1. The van der Waals surface area contributed by atoms with E-state index in [0.717, 1.165) is 22.2 Å². The maximum absolute atomic E-state index is 11.3. The van der Waals surface area contributed by atoms with Crippen molar-refractivity contribution < 1.29 is 14.6 Å². The maximum Gasteiger partial charge on any atom is 0.305 e. The van der Waals surface area contributed by atoms with Crippen LogP contribution in [0.4, 0.5) is 5.82 Å². The van der Waals surface area contributed by atoms with E-state index in [1.807, 2.05) is 28.8 Å². The molecule has 3 heterocycles. The quantitative estimate of drug-likeness (QED) is 0.747. The molecular weight excluding hydrogens is 296 g/mol. The van der Waals surface area contributed by atoms with Gasteiger partial charge in [0, 0.05) is 11.8 Å². The highest BCUT2D eigenvalue weighted by Crippen LogP contribution is 2.33. The van der Waals surface area contributed by atoms with Gasteiger partial charge in [0.15, 0.2) is 5.82 Å². The number of pyridine rings is 1. The van der Waals surface area contributed by atoms with E-state index in [1.165, 1.54) is 0 Å². The number of aliphatic carboxylic acids is 1. The van der Waals surface area contributed by atoms with Crippen molar-refractivity contribution >= 4 is 33.7 Å². The van der Waals surface area contributed by atoms with Crippen molar-refractivity contribution in [3.63, 3.8) is 0 Å². The predicted molar refractivity (Wildman–Crippen MR) is 85.3 cm³/mol. The second-order valence-electron chi connectivity index (χ2n) is 5.69. The van der Waals surface area contributed by atoms with Gasteiger partial charge in [-0.05, 0) is 6.07 Å². The van der Waals surface area contributed by atoms with Gasteiger partial charge in [-0.1, -0.05) is 18.2 Å². The SMILES string of the molecule is Nc1nc2ccccc2c2c1nc1n2[C@@H](CC(=O)O)COCC1. The fourth-order valence-electron chi connectivity index (χ4n) is 3.25. The molecule has 1 aliphatic rings. The number of rotatable bonds is 2. The lowest BCUT2D eigenvalue weighted by Gasteiger charge is -2.17. The van der Waals surface area contributed by atoms with Crippen molar-refractivity contribution in [1.29, 1.82) is 0 Å². The average molecular weight is 312 g/mol. The number of carboxylic acid groups (broad SMARTS) is 1. The lowest BCUT2D eigenvalue weighted by molar-refractivity contribution is -0.138. The van der Waals surface area contributed by atoms with Gasteiger partial charge in [-0.15, -0.1) is 0 Å². The molecular formula is C16H16N4O3. The summed E-state index contributed by atoms with van der Waals surface area (Å²) in [5.41, 5.74) is 8.35. The number of ether oxygens (including phenoxy) is 1. The van der Waals surface area contributed by atoms with Gasteiger partial charge in [0.05, 0.1) is 36.7 Å². The minimum absolute atomic E-state index is 0.0188. The number of carbonyl (C=O) groups is 1. The van der Waals surface area contributed by atoms with E-state index in [-0.39, 0.29) is 12.5 Å². The van der Waals surface area contributed by atoms with E-state index < -0.39 is 5.97 Å². The smallest absolute Gasteiger partial charge is 0.305 e. The van der Waals surface area contributed by atoms with Crippen LogP contribution in [0.3, 0.4) is 0 Å². The first-order valence-corrected chi connectivity index (χ1v) is 7.49. The highest BCUT2D eigenvalue weighted by molar-refractivity contribution is 6.06. The molecule has 1 aromatic carbocycles. The monoisotopic (exact) mass is 312 g/mol. The van der Waals surface area contributed by atoms with Gasteiger partial charge in [-0.2, -0.15) is 0 Å². The number of imidazole rings is 1. The molecule has 0 spiro atoms. The summed E-state index contributed by atoms with van der Waals surface area (Å²) < 4.78 is 7.55. The van der Waals surface area contributed by atoms with Crippen molar-refractivity contribution in [3.8, 4) is 0 Å². The van der Waals surface area contributed by atoms with Crippen LogP contribution in [-0.4, -0.2) is 38.8 Å². The Labute approximate surface area is 131 Å². The summed E-state index contributed by atoms with van der Waals surface area (Å²) in [5.74, 6) is 0.308. The molecule has 1 aliphatic heterocycles. The van der Waals surface area contributed by atoms with E-state index in [2.05, 4.69) is 9.97 Å². The number of nitrogens with zero attached hydrogens (tertiary/aromatic N) is 3. The predicted octanol–water partition coefficient (Wildman–Crippen LogP) is 1.76. The molecule has 7 heteroatoms. The molecule has 0 bridgehead atoms. The Morgan fingerprint density at radius 3 is 3.04 bits per heavy atom. The molecule has 2 aromatic heterocycles. The third-order valence-corrected chi connectivity index (χ3v) is 4.18. The van der Waals surface area contributed by atoms with Crippen LogP contribution in [0.2, 0.25) is 0 Å². The molecule has 0 fully saturated rings. The number of benzene rings is 1. The molecule has 0 saturated carbocycles. The van der Waals surface area contributed by atoms with E-state index in [1.54, 1.807) is 0 Å². The Kier molecular flexibility index (Phi) is 3.16. The number of hydrogen-bond acceptors (Lipinski definition) is 5. The molecule has 0 aliphatic carbocycles. The van der Waals surface area contributed by atoms with Gasteiger partial charge in [0.1, 0.15) is 11.3 Å². The van der Waals surface area contributed by atoms with Gasteiger partial charge >= 0.3 is 5.97 Å². The van der Waals surface area contributed by atoms with E-state index in [9.17, 15) is 9.90 Å². The fraction of sp³-hybridized carbons (Fsp3) is 0.312. The van der Waals surface area contributed by atoms with E-state index >= 15 is 0 Å². The first-order chi connectivity index (χ1) is 11.1. The van der Waals surface area contributed by atoms with Crippen molar-refractivity contribution in [2.75, 3.05) is 18.9 Å². The Hall–Kier alpha value is -2.67. The largest absolute Gasteiger partial charge is 0.481 e. The minimum atomic E-state index is -0.861. The lowest BCUT2D eigenvalue weighted by atomic mass is 10.1. The van der Waals surface area contributed by atoms with Gasteiger partial charge in [-0.3, -0.25) is 4.79 Å². The molecule has 23 heavy (non-hydrogen) atoms. The summed E-state index contributed by atoms with van der Waals surface area (Å²) in [6, 6.07) is 7.38. The molecule has 118 valence electrons. The Morgan fingerprint density at radius 2 is 2.22 bits per heavy atom. The molecule has 7 nitrogen and oxygen atoms in total. The number of nitrogens with two attached hydrogens (primary N) is 1. The van der Waals surface area contributed by atoms with Crippen molar-refractivity contribution in [1.82, 2.24) is 14.5 Å². The molecule has 1 atom stereocenters. The number of fused-ring (bicyclic) bond motifs is 5. The first-order valence-electron chi connectivity index (χ1n) is 7.49. The summed E-state index contributed by atoms with van der Waals surface area (Å²) in [6.45, 7) is 0.867. The highest BCUT2D eigenvalue weighted by atomic mass is 16.5. The third-order valence-electron chi connectivity index (χ3n) is 4.18. The van der Waals surface area contributed by atoms with Gasteiger partial charge in [0.25, 0.3) is 0 Å². The van der Waals surface area contributed by atoms with Crippen LogP contribution in [0, 0.1) is 0 Å². The summed E-state index contributed by atoms with van der Waals surface area (Å²) in [4.78, 5) is 20.3. The zero-order valence-corrected chi connectivity index (χ0v) is 12.4. The van der Waals surface area contributed by atoms with Crippen LogP contribution in [0.15, 0.2) is 24.3 Å². The molecule has 0 unspecified atom stereocenters. The first kappa shape index (κ1) is 14.0. The number of hydrogen-bond donors (Lipinski definition) is 2. The van der Waals surface area contributed by atoms with Crippen LogP contribution < -0.4 is 5.73 Å². The van der Waals surface area contributed by atoms with Crippen LogP contribution in [0.25, 0.3) is 21.9 Å². The van der Waals surface area contributed by atoms with Gasteiger partial charge in [-0.25, -0.2) is 9.97 Å². The molecule has 0 radical (unpaired) electrons. The van der Waals surface area contributed by atoms with E-state index in [4.69, 9.17) is 10.5 Å². The van der Waals surface area contributed by atoms with Crippen molar-refractivity contribution in [3.05, 3.63) is 30.1 Å². The lowest BCUT2D eigenvalue weighted by Crippen LogP contribution is -2.18. The number of anilines is 1. The topological polar surface area (TPSA) is 103 Å². The van der Waals surface area contributed by atoms with Crippen molar-refractivity contribution in [2.45, 2.75) is 18.9 Å². The van der Waals surface area contributed by atoms with E-state index in [0.29, 0.717) is 31.0 Å². The normalized spacial score (nSPS) is 18.0. The summed E-state index contributed by atoms with van der Waals surface area (Å²) >= 11 is 0. The third kappa shape index (κ3) is 2.20. The standard InChI is InChI=1S/C16H16N4O3/c17-16-14-15(10-3-1-2-4-11(10)18-16)20-9(7-13(21)22)8-23-6-5-12(20)19-14/h1-4,9H,5-8H2,(H2,17,18)(H,21,22)/t9-/m0/s1. The highest BCUT2D eigenvalue weighted by Gasteiger charge is 2.26. The maximum atomic E-state index is 11.3. The van der Waals surface area contributed by atoms with Gasteiger partial charge < -0.3 is 20.1 Å². The van der Waals surface area contributed by atoms with Crippen LogP contribution in [0.5, 0.6) is 0 Å². The fourth-order valence-corrected chi connectivity index (χ4v) is 3.25. The van der Waals surface area contributed by atoms with Crippen LogP contribution >= 0.6 is 0 Å². The number of nitrogen functional groups attached to an aromatic ring is 1. The zero-order valence-electron chi connectivity index (χ0n) is 12.4. The molecule has 3 aromatic rings. The summed E-state index contributed by atoms with van der Waals surface area (Å²) in [7, 11) is 0. The average Bonchev–Trinajstić information content (AvgIpc) is 2.80. The van der Waals surface area contributed by atoms with Crippen molar-refractivity contribution in [2.24, 2.45) is 0 Å². The second kappa shape index (κ2) is 5.20. The molecule has 0 amide bonds. The summed E-state index contributed by atoms with van der Waals surface area (Å²) in [6.07, 6.45) is 0.605. The molecule has 0 saturated heterocycles.